The van der Waals surface area contributed by atoms with E-state index in [1.807, 2.05) is 0 Å². The van der Waals surface area contributed by atoms with Crippen molar-refractivity contribution in [2.45, 2.75) is 11.8 Å². The fourth-order valence-electron chi connectivity index (χ4n) is 1.91. The fraction of sp³-hybridized carbons (Fsp3) is 0.0769. The molecule has 0 spiro atoms. The summed E-state index contributed by atoms with van der Waals surface area (Å²) in [4.78, 5) is 9.46. The maximum Gasteiger partial charge on any atom is 0.290 e. The number of benzene rings is 2. The molecule has 0 saturated carbocycles. The average Bonchev–Trinajstić information content (AvgIpc) is 2.42. The first-order valence-corrected chi connectivity index (χ1v) is 7.43. The quantitative estimate of drug-likeness (QED) is 0.690. The van der Waals surface area contributed by atoms with Crippen LogP contribution in [0.1, 0.15) is 5.56 Å². The van der Waals surface area contributed by atoms with E-state index >= 15 is 0 Å². The molecule has 2 aromatic rings. The van der Waals surface area contributed by atoms with E-state index in [2.05, 4.69) is 0 Å². The van der Waals surface area contributed by atoms with Crippen molar-refractivity contribution < 1.29 is 22.1 Å². The Hall–Kier alpha value is -2.55. The van der Waals surface area contributed by atoms with Crippen LogP contribution in [0.5, 0.6) is 0 Å². The second-order valence-electron chi connectivity index (χ2n) is 4.38. The molecule has 0 aromatic heterocycles. The Balaban J connectivity index is 2.60. The molecular formula is C13H10F2N2O4S. The highest BCUT2D eigenvalue weighted by Gasteiger charge is 2.29. The molecule has 0 bridgehead atoms. The van der Waals surface area contributed by atoms with Crippen molar-refractivity contribution in [2.75, 3.05) is 4.72 Å². The predicted octanol–water partition coefficient (Wildman–Crippen LogP) is 2.98. The van der Waals surface area contributed by atoms with Gasteiger partial charge in [0.2, 0.25) is 0 Å². The van der Waals surface area contributed by atoms with Crippen molar-refractivity contribution in [3.8, 4) is 0 Å². The largest absolute Gasteiger partial charge is 0.290 e. The number of hydrogen-bond donors (Lipinski definition) is 1. The van der Waals surface area contributed by atoms with Crippen molar-refractivity contribution in [2.24, 2.45) is 0 Å². The highest BCUT2D eigenvalue weighted by Crippen LogP contribution is 2.30. The zero-order valence-corrected chi connectivity index (χ0v) is 12.0. The van der Waals surface area contributed by atoms with Crippen LogP contribution in [-0.4, -0.2) is 13.3 Å². The first-order valence-electron chi connectivity index (χ1n) is 5.95. The Bertz CT molecular complexity index is 833. The highest BCUT2D eigenvalue weighted by atomic mass is 32.2. The minimum atomic E-state index is -4.54. The van der Waals surface area contributed by atoms with Crippen LogP contribution in [-0.2, 0) is 10.0 Å². The number of nitrogens with zero attached hydrogens (tertiary/aromatic N) is 1. The molecule has 0 radical (unpaired) electrons. The van der Waals surface area contributed by atoms with Crippen molar-refractivity contribution in [1.29, 1.82) is 0 Å². The van der Waals surface area contributed by atoms with Gasteiger partial charge in [-0.25, -0.2) is 17.2 Å². The number of nitro benzene ring substituents is 1. The summed E-state index contributed by atoms with van der Waals surface area (Å²) in [6, 6.07) is 6.47. The standard InChI is InChI=1S/C13H10F2N2O4S/c1-8-4-2-7-11(17(18)19)13(8)22(20,21)16-12-9(14)5-3-6-10(12)15/h2-7,16H,1H3. The number of para-hydroxylation sites is 1. The number of hydrogen-bond acceptors (Lipinski definition) is 4. The van der Waals surface area contributed by atoms with Crippen LogP contribution in [0.3, 0.4) is 0 Å². The third kappa shape index (κ3) is 2.89. The van der Waals surface area contributed by atoms with Crippen LogP contribution < -0.4 is 4.72 Å². The maximum atomic E-state index is 13.6. The molecule has 116 valence electrons. The molecule has 6 nitrogen and oxygen atoms in total. The van der Waals surface area contributed by atoms with E-state index in [0.717, 1.165) is 24.3 Å². The second-order valence-corrected chi connectivity index (χ2v) is 6.00. The lowest BCUT2D eigenvalue weighted by Crippen LogP contribution is -2.17. The van der Waals surface area contributed by atoms with Crippen molar-refractivity contribution in [1.82, 2.24) is 0 Å². The molecule has 0 aliphatic heterocycles. The van der Waals surface area contributed by atoms with Crippen molar-refractivity contribution in [3.05, 3.63) is 63.7 Å². The van der Waals surface area contributed by atoms with Gasteiger partial charge in [0.1, 0.15) is 17.3 Å². The van der Waals surface area contributed by atoms with Crippen LogP contribution in [0.25, 0.3) is 0 Å². The summed E-state index contributed by atoms with van der Waals surface area (Å²) in [5, 5.41) is 11.0. The average molecular weight is 328 g/mol. The minimum absolute atomic E-state index is 0.0819. The Morgan fingerprint density at radius 2 is 1.64 bits per heavy atom. The number of nitrogens with one attached hydrogen (secondary N) is 1. The smallest absolute Gasteiger partial charge is 0.274 e. The van der Waals surface area contributed by atoms with Gasteiger partial charge in [0.15, 0.2) is 4.90 Å². The van der Waals surface area contributed by atoms with E-state index in [1.54, 1.807) is 4.72 Å². The molecule has 0 aliphatic carbocycles. The van der Waals surface area contributed by atoms with Gasteiger partial charge in [-0.1, -0.05) is 18.2 Å². The molecule has 2 rings (SSSR count). The van der Waals surface area contributed by atoms with Gasteiger partial charge < -0.3 is 0 Å². The zero-order valence-electron chi connectivity index (χ0n) is 11.2. The molecule has 9 heteroatoms. The van der Waals surface area contributed by atoms with E-state index in [4.69, 9.17) is 0 Å². The molecule has 2 aromatic carbocycles. The summed E-state index contributed by atoms with van der Waals surface area (Å²) >= 11 is 0. The number of nitro groups is 1. The molecule has 0 fully saturated rings. The van der Waals surface area contributed by atoms with Gasteiger partial charge in [-0.05, 0) is 24.6 Å². The van der Waals surface area contributed by atoms with E-state index in [-0.39, 0.29) is 5.56 Å². The third-order valence-electron chi connectivity index (χ3n) is 2.86. The molecule has 0 atom stereocenters. The summed E-state index contributed by atoms with van der Waals surface area (Å²) in [7, 11) is -4.54. The summed E-state index contributed by atoms with van der Waals surface area (Å²) in [6.45, 7) is 1.35. The Kier molecular flexibility index (Phi) is 4.09. The van der Waals surface area contributed by atoms with Gasteiger partial charge in [-0.15, -0.1) is 0 Å². The summed E-state index contributed by atoms with van der Waals surface area (Å²) < 4.78 is 53.4. The Morgan fingerprint density at radius 3 is 2.18 bits per heavy atom. The maximum absolute atomic E-state index is 13.6. The Labute approximate surface area is 124 Å². The van der Waals surface area contributed by atoms with E-state index in [0.29, 0.717) is 0 Å². The predicted molar refractivity (Wildman–Crippen MR) is 75.0 cm³/mol. The van der Waals surface area contributed by atoms with Gasteiger partial charge in [0, 0.05) is 6.07 Å². The number of rotatable bonds is 4. The number of anilines is 1. The third-order valence-corrected chi connectivity index (χ3v) is 4.40. The summed E-state index contributed by atoms with van der Waals surface area (Å²) in [5.74, 6) is -2.25. The van der Waals surface area contributed by atoms with Crippen LogP contribution in [0.15, 0.2) is 41.3 Å². The fourth-order valence-corrected chi connectivity index (χ4v) is 3.39. The van der Waals surface area contributed by atoms with Crippen LogP contribution in [0.4, 0.5) is 20.2 Å². The van der Waals surface area contributed by atoms with Crippen LogP contribution >= 0.6 is 0 Å². The Morgan fingerprint density at radius 1 is 1.09 bits per heavy atom. The monoisotopic (exact) mass is 328 g/mol. The lowest BCUT2D eigenvalue weighted by atomic mass is 10.2. The molecular weight excluding hydrogens is 318 g/mol. The van der Waals surface area contributed by atoms with E-state index in [9.17, 15) is 27.3 Å². The van der Waals surface area contributed by atoms with Crippen LogP contribution in [0, 0.1) is 28.7 Å². The summed E-state index contributed by atoms with van der Waals surface area (Å²) in [5.41, 5.74) is -1.48. The molecule has 1 N–H and O–H groups in total. The number of aryl methyl sites for hydroxylation is 1. The lowest BCUT2D eigenvalue weighted by molar-refractivity contribution is -0.387. The SMILES string of the molecule is Cc1cccc([N+](=O)[O-])c1S(=O)(=O)Nc1c(F)cccc1F. The molecule has 22 heavy (non-hydrogen) atoms. The molecule has 0 unspecified atom stereocenters. The topological polar surface area (TPSA) is 89.3 Å². The van der Waals surface area contributed by atoms with Gasteiger partial charge in [-0.2, -0.15) is 0 Å². The van der Waals surface area contributed by atoms with Gasteiger partial charge in [-0.3, -0.25) is 14.8 Å². The normalized spacial score (nSPS) is 11.2. The number of halogens is 2. The van der Waals surface area contributed by atoms with Crippen molar-refractivity contribution >= 4 is 21.4 Å². The second kappa shape index (κ2) is 5.68. The van der Waals surface area contributed by atoms with E-state index in [1.165, 1.54) is 19.1 Å². The van der Waals surface area contributed by atoms with Gasteiger partial charge in [0.25, 0.3) is 15.7 Å². The van der Waals surface area contributed by atoms with Gasteiger partial charge in [0.05, 0.1) is 4.92 Å². The number of sulfonamides is 1. The van der Waals surface area contributed by atoms with Crippen molar-refractivity contribution in [3.63, 3.8) is 0 Å². The molecule has 0 amide bonds. The molecule has 0 aliphatic rings. The first-order chi connectivity index (χ1) is 10.2. The first kappa shape index (κ1) is 15.8. The molecule has 0 saturated heterocycles. The van der Waals surface area contributed by atoms with Crippen LogP contribution in [0.2, 0.25) is 0 Å². The zero-order chi connectivity index (χ0) is 16.5. The highest BCUT2D eigenvalue weighted by molar-refractivity contribution is 7.93. The minimum Gasteiger partial charge on any atom is -0.274 e. The summed E-state index contributed by atoms with van der Waals surface area (Å²) in [6.07, 6.45) is 0. The van der Waals surface area contributed by atoms with E-state index < -0.39 is 42.9 Å². The van der Waals surface area contributed by atoms with Gasteiger partial charge >= 0.3 is 0 Å². The lowest BCUT2D eigenvalue weighted by Gasteiger charge is -2.11. The molecule has 0 heterocycles.